The van der Waals surface area contributed by atoms with E-state index in [1.807, 2.05) is 12.3 Å². The Labute approximate surface area is 329 Å². The van der Waals surface area contributed by atoms with Crippen LogP contribution < -0.4 is 4.90 Å². The number of anilines is 3. The molecule has 1 aliphatic carbocycles. The molecule has 0 N–H and O–H groups in total. The van der Waals surface area contributed by atoms with E-state index in [0.717, 1.165) is 22.8 Å². The minimum absolute atomic E-state index is 0.204. The second-order valence-electron chi connectivity index (χ2n) is 15.1. The van der Waals surface area contributed by atoms with Crippen LogP contribution in [0.25, 0.3) is 66.5 Å². The summed E-state index contributed by atoms with van der Waals surface area (Å²) in [4.78, 5) is 7.20. The molecule has 0 amide bonds. The minimum atomic E-state index is -0.204. The fraction of sp³-hybridized carbons (Fsp3) is 0.0556. The lowest BCUT2D eigenvalue weighted by Crippen LogP contribution is -2.17. The zero-order valence-corrected chi connectivity index (χ0v) is 31.5. The maximum Gasteiger partial charge on any atom is 0.0708 e. The maximum atomic E-state index is 4.77. The lowest BCUT2D eigenvalue weighted by Gasteiger charge is -2.30. The number of fused-ring (bicyclic) bond motifs is 4. The van der Waals surface area contributed by atoms with Crippen molar-refractivity contribution in [3.63, 3.8) is 0 Å². The van der Waals surface area contributed by atoms with Crippen LogP contribution in [0.2, 0.25) is 0 Å². The van der Waals surface area contributed by atoms with Crippen molar-refractivity contribution in [2.45, 2.75) is 19.3 Å². The molecular formula is C54H40N2. The quantitative estimate of drug-likeness (QED) is 0.163. The molecule has 1 heterocycles. The topological polar surface area (TPSA) is 16.1 Å². The normalized spacial score (nSPS) is 12.6. The summed E-state index contributed by atoms with van der Waals surface area (Å²) in [6.07, 6.45) is 1.88. The monoisotopic (exact) mass is 716 g/mol. The minimum Gasteiger partial charge on any atom is -0.310 e. The Morgan fingerprint density at radius 3 is 1.68 bits per heavy atom. The van der Waals surface area contributed by atoms with Gasteiger partial charge in [-0.1, -0.05) is 172 Å². The molecule has 0 spiro atoms. The molecule has 56 heavy (non-hydrogen) atoms. The van der Waals surface area contributed by atoms with Crippen LogP contribution in [0.1, 0.15) is 25.0 Å². The third-order valence-corrected chi connectivity index (χ3v) is 11.5. The van der Waals surface area contributed by atoms with Gasteiger partial charge in [0.15, 0.2) is 0 Å². The van der Waals surface area contributed by atoms with E-state index < -0.39 is 0 Å². The van der Waals surface area contributed by atoms with E-state index in [1.54, 1.807) is 0 Å². The van der Waals surface area contributed by atoms with Gasteiger partial charge in [0, 0.05) is 34.1 Å². The summed E-state index contributed by atoms with van der Waals surface area (Å²) in [6, 6.07) is 72.5. The number of hydrogen-bond donors (Lipinski definition) is 0. The van der Waals surface area contributed by atoms with Crippen molar-refractivity contribution in [2.75, 3.05) is 4.90 Å². The molecule has 0 aliphatic heterocycles. The van der Waals surface area contributed by atoms with Crippen LogP contribution >= 0.6 is 0 Å². The first-order chi connectivity index (χ1) is 27.6. The largest absolute Gasteiger partial charge is 0.310 e. The van der Waals surface area contributed by atoms with Crippen LogP contribution in [0.3, 0.4) is 0 Å². The van der Waals surface area contributed by atoms with Crippen LogP contribution in [0.5, 0.6) is 0 Å². The van der Waals surface area contributed by atoms with E-state index in [-0.39, 0.29) is 5.41 Å². The van der Waals surface area contributed by atoms with Crippen molar-refractivity contribution in [3.8, 4) is 55.8 Å². The molecule has 9 aromatic rings. The summed E-state index contributed by atoms with van der Waals surface area (Å²) in [5.41, 5.74) is 17.8. The van der Waals surface area contributed by atoms with Gasteiger partial charge in [-0.05, 0) is 103 Å². The molecule has 1 aromatic heterocycles. The third-order valence-electron chi connectivity index (χ3n) is 11.5. The van der Waals surface area contributed by atoms with Gasteiger partial charge in [0.25, 0.3) is 0 Å². The van der Waals surface area contributed by atoms with Crippen molar-refractivity contribution in [1.82, 2.24) is 4.98 Å². The van der Waals surface area contributed by atoms with Gasteiger partial charge in [0.2, 0.25) is 0 Å². The Balaban J connectivity index is 1.14. The van der Waals surface area contributed by atoms with Crippen LogP contribution in [0.4, 0.5) is 17.1 Å². The highest BCUT2D eigenvalue weighted by Gasteiger charge is 2.37. The molecule has 0 radical (unpaired) electrons. The van der Waals surface area contributed by atoms with Gasteiger partial charge < -0.3 is 4.90 Å². The van der Waals surface area contributed by atoms with E-state index >= 15 is 0 Å². The summed E-state index contributed by atoms with van der Waals surface area (Å²) in [6.45, 7) is 4.71. The first kappa shape index (κ1) is 33.5. The second kappa shape index (κ2) is 13.7. The summed E-state index contributed by atoms with van der Waals surface area (Å²) < 4.78 is 0. The molecule has 10 rings (SSSR count). The van der Waals surface area contributed by atoms with Gasteiger partial charge in [-0.3, -0.25) is 4.98 Å². The Bertz CT molecular complexity index is 2850. The summed E-state index contributed by atoms with van der Waals surface area (Å²) in [5, 5.41) is 2.50. The van der Waals surface area contributed by atoms with Gasteiger partial charge in [0.1, 0.15) is 0 Å². The molecule has 0 atom stereocenters. The molecular weight excluding hydrogens is 677 g/mol. The molecule has 0 unspecified atom stereocenters. The number of aromatic nitrogens is 1. The van der Waals surface area contributed by atoms with Crippen LogP contribution in [-0.2, 0) is 5.41 Å². The van der Waals surface area contributed by atoms with Gasteiger partial charge >= 0.3 is 0 Å². The molecule has 0 bridgehead atoms. The standard InChI is InChI=1S/C54H40N2/c1-54(2)48-26-15-25-47(50-27-11-12-35-55-50)53(48)46-34-33-42(36-49(46)54)56(51-28-10-9-22-43(51)37-16-5-3-6-17-37)41-31-29-39(30-32-41)45-24-14-21-40-20-13-23-44(52(40)45)38-18-7-4-8-19-38/h3-36H,1-2H3. The predicted molar refractivity (Wildman–Crippen MR) is 236 cm³/mol. The first-order valence-electron chi connectivity index (χ1n) is 19.4. The number of hydrogen-bond acceptors (Lipinski definition) is 2. The Morgan fingerprint density at radius 1 is 0.411 bits per heavy atom. The molecule has 1 aliphatic rings. The first-order valence-corrected chi connectivity index (χ1v) is 19.4. The average Bonchev–Trinajstić information content (AvgIpc) is 3.50. The van der Waals surface area contributed by atoms with Crippen LogP contribution in [0.15, 0.2) is 206 Å². The van der Waals surface area contributed by atoms with Gasteiger partial charge in [-0.2, -0.15) is 0 Å². The smallest absolute Gasteiger partial charge is 0.0708 e. The van der Waals surface area contributed by atoms with Gasteiger partial charge in [-0.15, -0.1) is 0 Å². The van der Waals surface area contributed by atoms with Crippen molar-refractivity contribution in [1.29, 1.82) is 0 Å². The second-order valence-corrected chi connectivity index (χ2v) is 15.1. The molecule has 2 heteroatoms. The molecule has 2 nitrogen and oxygen atoms in total. The number of nitrogens with zero attached hydrogens (tertiary/aromatic N) is 2. The third kappa shape index (κ3) is 5.61. The van der Waals surface area contributed by atoms with Crippen molar-refractivity contribution >= 4 is 27.8 Å². The van der Waals surface area contributed by atoms with Crippen LogP contribution in [0, 0.1) is 0 Å². The van der Waals surface area contributed by atoms with E-state index in [0.29, 0.717) is 0 Å². The van der Waals surface area contributed by atoms with Gasteiger partial charge in [0.05, 0.1) is 11.4 Å². The van der Waals surface area contributed by atoms with Crippen molar-refractivity contribution in [2.24, 2.45) is 0 Å². The molecule has 8 aromatic carbocycles. The number of para-hydroxylation sites is 1. The predicted octanol–water partition coefficient (Wildman–Crippen LogP) is 14.7. The van der Waals surface area contributed by atoms with E-state index in [4.69, 9.17) is 4.98 Å². The zero-order valence-electron chi connectivity index (χ0n) is 31.5. The van der Waals surface area contributed by atoms with E-state index in [2.05, 4.69) is 213 Å². The highest BCUT2D eigenvalue weighted by molar-refractivity contribution is 6.06. The average molecular weight is 717 g/mol. The fourth-order valence-corrected chi connectivity index (χ4v) is 8.84. The number of benzene rings is 8. The SMILES string of the molecule is CC1(C)c2cc(N(c3ccc(-c4cccc5cccc(-c6ccccc6)c45)cc3)c3ccccc3-c3ccccc3)ccc2-c2c(-c3ccccn3)cccc21. The molecule has 0 saturated heterocycles. The summed E-state index contributed by atoms with van der Waals surface area (Å²) in [7, 11) is 0. The van der Waals surface area contributed by atoms with Crippen molar-refractivity contribution < 1.29 is 0 Å². The molecule has 266 valence electrons. The molecule has 0 fully saturated rings. The summed E-state index contributed by atoms with van der Waals surface area (Å²) in [5.74, 6) is 0. The Kier molecular flexibility index (Phi) is 8.19. The summed E-state index contributed by atoms with van der Waals surface area (Å²) >= 11 is 0. The lowest BCUT2D eigenvalue weighted by atomic mass is 9.82. The zero-order chi connectivity index (χ0) is 37.6. The van der Waals surface area contributed by atoms with E-state index in [1.165, 1.54) is 72.0 Å². The van der Waals surface area contributed by atoms with E-state index in [9.17, 15) is 0 Å². The van der Waals surface area contributed by atoms with Crippen LogP contribution in [-0.4, -0.2) is 4.98 Å². The lowest BCUT2D eigenvalue weighted by molar-refractivity contribution is 0.660. The Morgan fingerprint density at radius 2 is 0.982 bits per heavy atom. The fourth-order valence-electron chi connectivity index (χ4n) is 8.84. The number of pyridine rings is 1. The molecule has 0 saturated carbocycles. The highest BCUT2D eigenvalue weighted by Crippen LogP contribution is 2.54. The Hall–Kier alpha value is -7.03. The number of rotatable bonds is 7. The highest BCUT2D eigenvalue weighted by atomic mass is 15.1. The maximum absolute atomic E-state index is 4.77. The van der Waals surface area contributed by atoms with Gasteiger partial charge in [-0.25, -0.2) is 0 Å². The van der Waals surface area contributed by atoms with Crippen molar-refractivity contribution in [3.05, 3.63) is 218 Å².